The molecule has 1 nitrogen and oxygen atoms in total. The van der Waals surface area contributed by atoms with E-state index in [4.69, 9.17) is 0 Å². The minimum absolute atomic E-state index is 0.0867. The minimum Gasteiger partial charge on any atom is -0.294 e. The predicted molar refractivity (Wildman–Crippen MR) is 81.3 cm³/mol. The summed E-state index contributed by atoms with van der Waals surface area (Å²) in [5.41, 5.74) is 1.32. The van der Waals surface area contributed by atoms with Crippen LogP contribution in [-0.2, 0) is 6.42 Å². The van der Waals surface area contributed by atoms with Gasteiger partial charge >= 0.3 is 0 Å². The molecule has 0 aliphatic rings. The third kappa shape index (κ3) is 3.62. The normalized spacial score (nSPS) is 10.4. The molecule has 0 unspecified atom stereocenters. The number of ketones is 1. The third-order valence-electron chi connectivity index (χ3n) is 2.46. The summed E-state index contributed by atoms with van der Waals surface area (Å²) in [5.74, 6) is -0.494. The highest BCUT2D eigenvalue weighted by Crippen LogP contribution is 2.17. The van der Waals surface area contributed by atoms with Crippen LogP contribution in [0, 0.1) is 9.39 Å². The first-order chi connectivity index (χ1) is 8.54. The van der Waals surface area contributed by atoms with Crippen LogP contribution < -0.4 is 0 Å². The van der Waals surface area contributed by atoms with Crippen LogP contribution in [0.15, 0.2) is 46.9 Å². The lowest BCUT2D eigenvalue weighted by molar-refractivity contribution is 0.0992. The molecule has 0 N–H and O–H groups in total. The van der Waals surface area contributed by atoms with E-state index in [2.05, 4.69) is 38.5 Å². The van der Waals surface area contributed by atoms with Crippen LogP contribution in [0.1, 0.15) is 15.9 Å². The first-order valence-corrected chi connectivity index (χ1v) is 7.15. The average molecular weight is 419 g/mol. The molecule has 0 atom stereocenters. The molecule has 0 amide bonds. The molecule has 0 aliphatic heterocycles. The van der Waals surface area contributed by atoms with Gasteiger partial charge in [-0.2, -0.15) is 0 Å². The summed E-state index contributed by atoms with van der Waals surface area (Å²) in [4.78, 5) is 12.0. The Morgan fingerprint density at radius 1 is 1.17 bits per heavy atom. The maximum absolute atomic E-state index is 13.2. The van der Waals surface area contributed by atoms with Crippen LogP contribution in [0.5, 0.6) is 0 Å². The van der Waals surface area contributed by atoms with Gasteiger partial charge in [-0.15, -0.1) is 0 Å². The molecule has 2 aromatic carbocycles. The van der Waals surface area contributed by atoms with Crippen molar-refractivity contribution in [2.75, 3.05) is 0 Å². The molecule has 0 spiro atoms. The van der Waals surface area contributed by atoms with E-state index in [-0.39, 0.29) is 12.2 Å². The number of rotatable bonds is 3. The number of hydrogen-bond donors (Lipinski definition) is 0. The molecule has 0 aliphatic carbocycles. The zero-order valence-corrected chi connectivity index (χ0v) is 13.0. The van der Waals surface area contributed by atoms with E-state index in [1.54, 1.807) is 6.07 Å². The van der Waals surface area contributed by atoms with Crippen molar-refractivity contribution in [2.24, 2.45) is 0 Å². The molecule has 0 fully saturated rings. The van der Waals surface area contributed by atoms with E-state index in [9.17, 15) is 9.18 Å². The molecular formula is C14H9BrFIO. The van der Waals surface area contributed by atoms with Gasteiger partial charge in [0.1, 0.15) is 5.82 Å². The van der Waals surface area contributed by atoms with Crippen LogP contribution in [-0.4, -0.2) is 5.78 Å². The van der Waals surface area contributed by atoms with Crippen molar-refractivity contribution in [1.29, 1.82) is 0 Å². The lowest BCUT2D eigenvalue weighted by Gasteiger charge is -2.03. The molecule has 2 aromatic rings. The van der Waals surface area contributed by atoms with Crippen LogP contribution in [0.2, 0.25) is 0 Å². The molecule has 2 rings (SSSR count). The summed E-state index contributed by atoms with van der Waals surface area (Å²) in [6, 6.07) is 12.0. The Morgan fingerprint density at radius 2 is 1.83 bits per heavy atom. The average Bonchev–Trinajstić information content (AvgIpc) is 2.31. The second-order valence-corrected chi connectivity index (χ2v) is 6.05. The van der Waals surface area contributed by atoms with Crippen molar-refractivity contribution in [3.8, 4) is 0 Å². The van der Waals surface area contributed by atoms with Crippen LogP contribution in [0.3, 0.4) is 0 Å². The van der Waals surface area contributed by atoms with Gasteiger partial charge in [0, 0.05) is 20.0 Å². The molecule has 92 valence electrons. The van der Waals surface area contributed by atoms with Gasteiger partial charge in [-0.3, -0.25) is 4.79 Å². The van der Waals surface area contributed by atoms with Gasteiger partial charge < -0.3 is 0 Å². The number of carbonyl (C=O) groups excluding carboxylic acids is 1. The number of carbonyl (C=O) groups is 1. The predicted octanol–water partition coefficient (Wildman–Crippen LogP) is 4.62. The molecule has 0 heterocycles. The Balaban J connectivity index is 2.19. The molecule has 0 saturated heterocycles. The van der Waals surface area contributed by atoms with Crippen molar-refractivity contribution in [3.63, 3.8) is 0 Å². The Labute approximate surface area is 127 Å². The monoisotopic (exact) mass is 418 g/mol. The van der Waals surface area contributed by atoms with E-state index in [0.29, 0.717) is 10.0 Å². The molecular weight excluding hydrogens is 410 g/mol. The van der Waals surface area contributed by atoms with E-state index in [1.807, 2.05) is 24.3 Å². The number of Topliss-reactive ketones (excluding diaryl/α,β-unsaturated/α-hetero) is 1. The summed E-state index contributed by atoms with van der Waals surface area (Å²) in [7, 11) is 0. The Kier molecular flexibility index (Phi) is 4.50. The van der Waals surface area contributed by atoms with Crippen molar-refractivity contribution in [2.45, 2.75) is 6.42 Å². The fraction of sp³-hybridized carbons (Fsp3) is 0.0714. The van der Waals surface area contributed by atoms with Crippen molar-refractivity contribution < 1.29 is 9.18 Å². The number of benzene rings is 2. The largest absolute Gasteiger partial charge is 0.294 e. The third-order valence-corrected chi connectivity index (χ3v) is 3.64. The molecule has 0 radical (unpaired) electrons. The maximum Gasteiger partial charge on any atom is 0.167 e. The van der Waals surface area contributed by atoms with E-state index >= 15 is 0 Å². The van der Waals surface area contributed by atoms with Gasteiger partial charge in [0.2, 0.25) is 0 Å². The zero-order valence-electron chi connectivity index (χ0n) is 9.29. The highest BCUT2D eigenvalue weighted by atomic mass is 127. The number of hydrogen-bond acceptors (Lipinski definition) is 1. The molecule has 0 aromatic heterocycles. The first kappa shape index (κ1) is 13.7. The van der Waals surface area contributed by atoms with Gasteiger partial charge in [0.15, 0.2) is 5.78 Å². The van der Waals surface area contributed by atoms with Crippen LogP contribution in [0.4, 0.5) is 4.39 Å². The molecule has 0 bridgehead atoms. The Bertz CT molecular complexity index is 561. The molecule has 18 heavy (non-hydrogen) atoms. The fourth-order valence-corrected chi connectivity index (χ4v) is 2.43. The summed E-state index contributed by atoms with van der Waals surface area (Å²) >= 11 is 5.39. The SMILES string of the molecule is O=C(Cc1ccc(I)cc1)c1cc(F)cc(Br)c1. The van der Waals surface area contributed by atoms with Crippen LogP contribution in [0.25, 0.3) is 0 Å². The van der Waals surface area contributed by atoms with Crippen LogP contribution >= 0.6 is 38.5 Å². The van der Waals surface area contributed by atoms with Gasteiger partial charge in [-0.1, -0.05) is 28.1 Å². The lowest BCUT2D eigenvalue weighted by Crippen LogP contribution is -2.04. The van der Waals surface area contributed by atoms with Gasteiger partial charge in [0.05, 0.1) is 0 Å². The maximum atomic E-state index is 13.2. The smallest absolute Gasteiger partial charge is 0.167 e. The fourth-order valence-electron chi connectivity index (χ4n) is 1.60. The van der Waals surface area contributed by atoms with Gasteiger partial charge in [0.25, 0.3) is 0 Å². The Morgan fingerprint density at radius 3 is 2.44 bits per heavy atom. The highest BCUT2D eigenvalue weighted by molar-refractivity contribution is 14.1. The highest BCUT2D eigenvalue weighted by Gasteiger charge is 2.09. The van der Waals surface area contributed by atoms with Gasteiger partial charge in [-0.05, 0) is 58.5 Å². The van der Waals surface area contributed by atoms with E-state index < -0.39 is 5.82 Å². The summed E-state index contributed by atoms with van der Waals surface area (Å²) < 4.78 is 14.9. The second-order valence-electron chi connectivity index (χ2n) is 3.88. The summed E-state index contributed by atoms with van der Waals surface area (Å²) in [6.45, 7) is 0. The second kappa shape index (κ2) is 5.93. The van der Waals surface area contributed by atoms with Crippen molar-refractivity contribution >= 4 is 44.3 Å². The van der Waals surface area contributed by atoms with E-state index in [1.165, 1.54) is 12.1 Å². The minimum atomic E-state index is -0.407. The number of halogens is 3. The van der Waals surface area contributed by atoms with Gasteiger partial charge in [-0.25, -0.2) is 4.39 Å². The van der Waals surface area contributed by atoms with Crippen molar-refractivity contribution in [1.82, 2.24) is 0 Å². The summed E-state index contributed by atoms with van der Waals surface area (Å²) in [5, 5.41) is 0. The quantitative estimate of drug-likeness (QED) is 0.525. The standard InChI is InChI=1S/C14H9BrFIO/c15-11-6-10(7-12(16)8-11)14(18)5-9-1-3-13(17)4-2-9/h1-4,6-8H,5H2. The topological polar surface area (TPSA) is 17.1 Å². The molecule has 4 heteroatoms. The first-order valence-electron chi connectivity index (χ1n) is 5.28. The Hall–Kier alpha value is -0.750. The van der Waals surface area contributed by atoms with Crippen molar-refractivity contribution in [3.05, 3.63) is 67.5 Å². The molecule has 0 saturated carbocycles. The lowest BCUT2D eigenvalue weighted by atomic mass is 10.0. The zero-order chi connectivity index (χ0) is 13.1. The summed E-state index contributed by atoms with van der Waals surface area (Å²) in [6.07, 6.45) is 0.285. The van der Waals surface area contributed by atoms with E-state index in [0.717, 1.165) is 9.13 Å².